The largest absolute Gasteiger partial charge is 0.339 e. The molecule has 0 bridgehead atoms. The van der Waals surface area contributed by atoms with Gasteiger partial charge in [-0.15, -0.1) is 0 Å². The number of aliphatic imine (C=N–C) groups is 1. The highest BCUT2D eigenvalue weighted by Gasteiger charge is 2.40. The summed E-state index contributed by atoms with van der Waals surface area (Å²) in [5.74, 6) is -3.84. The van der Waals surface area contributed by atoms with Crippen LogP contribution in [-0.2, 0) is 19.9 Å². The lowest BCUT2D eigenvalue weighted by Gasteiger charge is -2.31. The molecule has 0 saturated heterocycles. The first-order chi connectivity index (χ1) is 17.1. The van der Waals surface area contributed by atoms with Gasteiger partial charge in [0.25, 0.3) is 11.8 Å². The van der Waals surface area contributed by atoms with Gasteiger partial charge in [0.15, 0.2) is 0 Å². The number of hydrogen-bond acceptors (Lipinski definition) is 4. The summed E-state index contributed by atoms with van der Waals surface area (Å²) in [6.07, 6.45) is -1.38. The van der Waals surface area contributed by atoms with Crippen molar-refractivity contribution in [3.05, 3.63) is 101 Å². The van der Waals surface area contributed by atoms with E-state index in [2.05, 4.69) is 15.6 Å². The van der Waals surface area contributed by atoms with Crippen molar-refractivity contribution in [2.75, 3.05) is 11.9 Å². The summed E-state index contributed by atoms with van der Waals surface area (Å²) >= 11 is 0. The molecule has 0 aliphatic carbocycles. The molecule has 2 atom stereocenters. The van der Waals surface area contributed by atoms with Gasteiger partial charge in [0.1, 0.15) is 17.2 Å². The summed E-state index contributed by atoms with van der Waals surface area (Å²) in [7, 11) is 1.57. The van der Waals surface area contributed by atoms with Crippen LogP contribution in [0.5, 0.6) is 0 Å². The third-order valence-electron chi connectivity index (χ3n) is 5.98. The molecule has 3 aromatic carbocycles. The number of halogens is 2. The molecule has 2 N–H and O–H groups in total. The minimum atomic E-state index is -1.89. The molecular formula is C27H24F2N4O3. The number of amides is 3. The summed E-state index contributed by atoms with van der Waals surface area (Å²) < 4.78 is 28.0. The Hall–Kier alpha value is -4.40. The van der Waals surface area contributed by atoms with Gasteiger partial charge in [-0.25, -0.2) is 13.8 Å². The van der Waals surface area contributed by atoms with Crippen molar-refractivity contribution in [1.29, 1.82) is 0 Å². The Kier molecular flexibility index (Phi) is 6.65. The Morgan fingerprint density at radius 1 is 0.972 bits per heavy atom. The predicted molar refractivity (Wildman–Crippen MR) is 131 cm³/mol. The highest BCUT2D eigenvalue weighted by atomic mass is 19.1. The first-order valence-corrected chi connectivity index (χ1v) is 11.2. The summed E-state index contributed by atoms with van der Waals surface area (Å²) in [6.45, 7) is 2.48. The molecule has 0 fully saturated rings. The lowest BCUT2D eigenvalue weighted by molar-refractivity contribution is -0.134. The molecule has 184 valence electrons. The van der Waals surface area contributed by atoms with Gasteiger partial charge < -0.3 is 15.5 Å². The first-order valence-electron chi connectivity index (χ1n) is 11.2. The zero-order chi connectivity index (χ0) is 26.0. The van der Waals surface area contributed by atoms with E-state index < -0.39 is 41.1 Å². The Labute approximate surface area is 206 Å². The average molecular weight is 491 g/mol. The molecule has 1 aliphatic heterocycles. The zero-order valence-corrected chi connectivity index (χ0v) is 19.9. The van der Waals surface area contributed by atoms with Crippen LogP contribution in [0.25, 0.3) is 0 Å². The van der Waals surface area contributed by atoms with Crippen LogP contribution in [0, 0.1) is 11.6 Å². The summed E-state index contributed by atoms with van der Waals surface area (Å²) in [5, 5.41) is 5.04. The Bertz CT molecular complexity index is 1360. The maximum Gasteiger partial charge on any atom is 0.272 e. The lowest BCUT2D eigenvalue weighted by atomic mass is 9.90. The molecule has 0 saturated carbocycles. The van der Waals surface area contributed by atoms with Crippen molar-refractivity contribution in [2.45, 2.75) is 25.6 Å². The average Bonchev–Trinajstić information content (AvgIpc) is 2.94. The predicted octanol–water partition coefficient (Wildman–Crippen LogP) is 3.27. The molecule has 3 amide bonds. The fourth-order valence-corrected chi connectivity index (χ4v) is 4.17. The first kappa shape index (κ1) is 24.7. The van der Waals surface area contributed by atoms with Gasteiger partial charge in [-0.1, -0.05) is 48.5 Å². The third kappa shape index (κ3) is 4.72. The summed E-state index contributed by atoms with van der Waals surface area (Å²) in [5.41, 5.74) is 0.468. The number of carbonyl (C=O) groups is 3. The number of hydrogen-bond donors (Lipinski definition) is 2. The molecule has 36 heavy (non-hydrogen) atoms. The van der Waals surface area contributed by atoms with Crippen molar-refractivity contribution in [3.63, 3.8) is 0 Å². The molecule has 7 nitrogen and oxygen atoms in total. The van der Waals surface area contributed by atoms with E-state index >= 15 is 0 Å². The van der Waals surface area contributed by atoms with Crippen LogP contribution in [-0.4, -0.2) is 36.6 Å². The molecule has 0 spiro atoms. The van der Waals surface area contributed by atoms with Gasteiger partial charge in [0.05, 0.1) is 11.4 Å². The number of para-hydroxylation sites is 1. The second kappa shape index (κ2) is 9.69. The van der Waals surface area contributed by atoms with Gasteiger partial charge in [0, 0.05) is 31.2 Å². The SMILES string of the molecule is CC(=O)NC(C)(C(=O)NC1N=C(c2ccccc2)c2ccccc2N(C)C1=O)c1cc(F)cc(F)c1. The summed E-state index contributed by atoms with van der Waals surface area (Å²) in [4.78, 5) is 44.9. The van der Waals surface area contributed by atoms with E-state index in [1.54, 1.807) is 19.2 Å². The molecular weight excluding hydrogens is 466 g/mol. The second-order valence-electron chi connectivity index (χ2n) is 8.60. The van der Waals surface area contributed by atoms with Crippen LogP contribution in [0.2, 0.25) is 0 Å². The quantitative estimate of drug-likeness (QED) is 0.575. The van der Waals surface area contributed by atoms with E-state index in [4.69, 9.17) is 0 Å². The topological polar surface area (TPSA) is 90.9 Å². The molecule has 4 rings (SSSR count). The van der Waals surface area contributed by atoms with Crippen LogP contribution in [0.4, 0.5) is 14.5 Å². The standard InChI is InChI=1S/C27H24F2N4O3/c1-16(34)32-27(2,18-13-19(28)15-20(29)14-18)26(36)31-24-25(35)33(3)22-12-8-7-11-21(22)23(30-24)17-9-5-4-6-10-17/h4-15,24H,1-3H3,(H,31,36)(H,32,34). The molecule has 0 radical (unpaired) electrons. The molecule has 1 aliphatic rings. The van der Waals surface area contributed by atoms with E-state index in [9.17, 15) is 23.2 Å². The molecule has 9 heteroatoms. The third-order valence-corrected chi connectivity index (χ3v) is 5.98. The van der Waals surface area contributed by atoms with Crippen molar-refractivity contribution in [1.82, 2.24) is 10.6 Å². The lowest BCUT2D eigenvalue weighted by Crippen LogP contribution is -2.58. The minimum absolute atomic E-state index is 0.127. The maximum absolute atomic E-state index is 14.0. The number of carbonyl (C=O) groups excluding carboxylic acids is 3. The van der Waals surface area contributed by atoms with E-state index in [0.717, 1.165) is 17.7 Å². The highest BCUT2D eigenvalue weighted by Crippen LogP contribution is 2.28. The molecule has 2 unspecified atom stereocenters. The van der Waals surface area contributed by atoms with Crippen molar-refractivity contribution in [2.24, 2.45) is 4.99 Å². The number of likely N-dealkylation sites (N-methyl/N-ethyl adjacent to an activating group) is 1. The Morgan fingerprint density at radius 3 is 2.22 bits per heavy atom. The molecule has 0 aromatic heterocycles. The van der Waals surface area contributed by atoms with Crippen molar-refractivity contribution < 1.29 is 23.2 Å². The fraction of sp³-hybridized carbons (Fsp3) is 0.185. The normalized spacial score (nSPS) is 16.8. The maximum atomic E-state index is 14.0. The van der Waals surface area contributed by atoms with E-state index in [1.807, 2.05) is 42.5 Å². The van der Waals surface area contributed by atoms with Gasteiger partial charge in [0.2, 0.25) is 12.1 Å². The van der Waals surface area contributed by atoms with Gasteiger partial charge in [-0.05, 0) is 30.7 Å². The van der Waals surface area contributed by atoms with E-state index in [0.29, 0.717) is 23.0 Å². The Morgan fingerprint density at radius 2 is 1.58 bits per heavy atom. The number of benzene rings is 3. The van der Waals surface area contributed by atoms with Crippen LogP contribution < -0.4 is 15.5 Å². The van der Waals surface area contributed by atoms with E-state index in [1.165, 1.54) is 18.7 Å². The van der Waals surface area contributed by atoms with Gasteiger partial charge in [-0.3, -0.25) is 14.4 Å². The van der Waals surface area contributed by atoms with Crippen LogP contribution in [0.15, 0.2) is 77.8 Å². The number of nitrogens with zero attached hydrogens (tertiary/aromatic N) is 2. The number of benzodiazepines with no additional fused rings is 1. The molecule has 1 heterocycles. The number of nitrogens with one attached hydrogen (secondary N) is 2. The highest BCUT2D eigenvalue weighted by molar-refractivity contribution is 6.20. The van der Waals surface area contributed by atoms with E-state index in [-0.39, 0.29) is 5.56 Å². The van der Waals surface area contributed by atoms with Crippen molar-refractivity contribution in [3.8, 4) is 0 Å². The van der Waals surface area contributed by atoms with Gasteiger partial charge >= 0.3 is 0 Å². The number of anilines is 1. The smallest absolute Gasteiger partial charge is 0.272 e. The van der Waals surface area contributed by atoms with Gasteiger partial charge in [-0.2, -0.15) is 0 Å². The zero-order valence-electron chi connectivity index (χ0n) is 19.9. The van der Waals surface area contributed by atoms with Crippen molar-refractivity contribution >= 4 is 29.1 Å². The summed E-state index contributed by atoms with van der Waals surface area (Å²) in [6, 6.07) is 18.9. The van der Waals surface area contributed by atoms with Crippen LogP contribution in [0.3, 0.4) is 0 Å². The van der Waals surface area contributed by atoms with Crippen LogP contribution in [0.1, 0.15) is 30.5 Å². The van der Waals surface area contributed by atoms with Crippen LogP contribution >= 0.6 is 0 Å². The fourth-order valence-electron chi connectivity index (χ4n) is 4.17. The Balaban J connectivity index is 1.80. The monoisotopic (exact) mass is 490 g/mol. The molecule has 3 aromatic rings. The number of rotatable bonds is 5. The number of fused-ring (bicyclic) bond motifs is 1. The second-order valence-corrected chi connectivity index (χ2v) is 8.60. The minimum Gasteiger partial charge on any atom is -0.339 e.